The Bertz CT molecular complexity index is 352. The van der Waals surface area contributed by atoms with E-state index in [1.54, 1.807) is 19.9 Å². The van der Waals surface area contributed by atoms with E-state index in [1.165, 1.54) is 0 Å². The summed E-state index contributed by atoms with van der Waals surface area (Å²) in [5.41, 5.74) is 5.81. The van der Waals surface area contributed by atoms with Gasteiger partial charge in [-0.3, -0.25) is 4.79 Å². The van der Waals surface area contributed by atoms with E-state index in [2.05, 4.69) is 0 Å². The average Bonchev–Trinajstić information content (AvgIpc) is 2.27. The summed E-state index contributed by atoms with van der Waals surface area (Å²) in [4.78, 5) is 10.6. The molecule has 4 heteroatoms. The van der Waals surface area contributed by atoms with Crippen LogP contribution in [0.4, 0.5) is 0 Å². The van der Waals surface area contributed by atoms with Crippen molar-refractivity contribution in [1.82, 2.24) is 0 Å². The highest BCUT2D eigenvalue weighted by Crippen LogP contribution is 2.27. The SMILES string of the molecule is Cc1cc([C@](C)(N)CC(=O)O)c(C)o1. The van der Waals surface area contributed by atoms with E-state index >= 15 is 0 Å². The van der Waals surface area contributed by atoms with E-state index in [9.17, 15) is 4.79 Å². The minimum absolute atomic E-state index is 0.104. The number of carboxylic acid groups (broad SMARTS) is 1. The van der Waals surface area contributed by atoms with Crippen molar-refractivity contribution in [3.05, 3.63) is 23.2 Å². The molecule has 1 atom stereocenters. The van der Waals surface area contributed by atoms with Crippen LogP contribution < -0.4 is 5.73 Å². The van der Waals surface area contributed by atoms with Gasteiger partial charge >= 0.3 is 5.97 Å². The van der Waals surface area contributed by atoms with E-state index in [0.717, 1.165) is 11.3 Å². The fourth-order valence-corrected chi connectivity index (χ4v) is 1.61. The first-order valence-corrected chi connectivity index (χ1v) is 4.41. The Kier molecular flexibility index (Phi) is 2.66. The van der Waals surface area contributed by atoms with Crippen LogP contribution in [0.2, 0.25) is 0 Å². The first kappa shape index (κ1) is 10.8. The van der Waals surface area contributed by atoms with Gasteiger partial charge in [0.05, 0.1) is 12.0 Å². The minimum atomic E-state index is -0.909. The molecule has 0 aliphatic heterocycles. The molecule has 14 heavy (non-hydrogen) atoms. The van der Waals surface area contributed by atoms with Crippen molar-refractivity contribution in [2.75, 3.05) is 0 Å². The number of rotatable bonds is 3. The normalized spacial score (nSPS) is 15.1. The average molecular weight is 197 g/mol. The van der Waals surface area contributed by atoms with Gasteiger partial charge in [-0.2, -0.15) is 0 Å². The van der Waals surface area contributed by atoms with Crippen LogP contribution in [0, 0.1) is 13.8 Å². The summed E-state index contributed by atoms with van der Waals surface area (Å²) < 4.78 is 5.31. The smallest absolute Gasteiger partial charge is 0.305 e. The monoisotopic (exact) mass is 197 g/mol. The third-order valence-electron chi connectivity index (χ3n) is 2.17. The Balaban J connectivity index is 3.02. The first-order chi connectivity index (χ1) is 6.33. The number of aryl methyl sites for hydroxylation is 2. The van der Waals surface area contributed by atoms with Gasteiger partial charge in [0, 0.05) is 5.56 Å². The molecule has 0 aliphatic rings. The number of carboxylic acids is 1. The molecule has 1 heterocycles. The maximum atomic E-state index is 10.6. The summed E-state index contributed by atoms with van der Waals surface area (Å²) in [6, 6.07) is 1.79. The molecule has 1 rings (SSSR count). The van der Waals surface area contributed by atoms with Crippen molar-refractivity contribution in [2.45, 2.75) is 32.7 Å². The fraction of sp³-hybridized carbons (Fsp3) is 0.500. The lowest BCUT2D eigenvalue weighted by molar-refractivity contribution is -0.138. The van der Waals surface area contributed by atoms with Gasteiger partial charge < -0.3 is 15.3 Å². The number of carbonyl (C=O) groups is 1. The molecule has 0 spiro atoms. The molecule has 4 nitrogen and oxygen atoms in total. The fourth-order valence-electron chi connectivity index (χ4n) is 1.61. The van der Waals surface area contributed by atoms with Crippen LogP contribution in [-0.2, 0) is 10.3 Å². The van der Waals surface area contributed by atoms with Gasteiger partial charge in [0.2, 0.25) is 0 Å². The number of hydrogen-bond acceptors (Lipinski definition) is 3. The highest BCUT2D eigenvalue weighted by atomic mass is 16.4. The van der Waals surface area contributed by atoms with Gasteiger partial charge in [-0.05, 0) is 26.8 Å². The summed E-state index contributed by atoms with van der Waals surface area (Å²) in [5.74, 6) is 0.529. The van der Waals surface area contributed by atoms with E-state index < -0.39 is 11.5 Å². The number of hydrogen-bond donors (Lipinski definition) is 2. The van der Waals surface area contributed by atoms with E-state index in [-0.39, 0.29) is 6.42 Å². The summed E-state index contributed by atoms with van der Waals surface area (Å²) in [6.07, 6.45) is -0.104. The zero-order valence-electron chi connectivity index (χ0n) is 8.63. The molecule has 3 N–H and O–H groups in total. The molecule has 0 saturated carbocycles. The molecule has 0 aromatic carbocycles. The number of aliphatic carboxylic acids is 1. The van der Waals surface area contributed by atoms with Gasteiger partial charge in [0.1, 0.15) is 11.5 Å². The quantitative estimate of drug-likeness (QED) is 0.770. The molecular formula is C10H15NO3. The molecule has 0 saturated heterocycles. The van der Waals surface area contributed by atoms with Crippen LogP contribution in [0.25, 0.3) is 0 Å². The second-order valence-corrected chi connectivity index (χ2v) is 3.81. The molecule has 0 radical (unpaired) electrons. The topological polar surface area (TPSA) is 76.5 Å². The van der Waals surface area contributed by atoms with Crippen LogP contribution in [0.3, 0.4) is 0 Å². The van der Waals surface area contributed by atoms with Crippen molar-refractivity contribution in [3.8, 4) is 0 Å². The molecule has 0 aliphatic carbocycles. The first-order valence-electron chi connectivity index (χ1n) is 4.41. The van der Waals surface area contributed by atoms with Gasteiger partial charge in [-0.25, -0.2) is 0 Å². The van der Waals surface area contributed by atoms with Crippen LogP contribution in [0.5, 0.6) is 0 Å². The zero-order chi connectivity index (χ0) is 10.9. The zero-order valence-corrected chi connectivity index (χ0v) is 8.63. The van der Waals surface area contributed by atoms with Crippen molar-refractivity contribution < 1.29 is 14.3 Å². The third kappa shape index (κ3) is 2.14. The molecule has 1 aromatic heterocycles. The lowest BCUT2D eigenvalue weighted by Crippen LogP contribution is -2.35. The lowest BCUT2D eigenvalue weighted by atomic mass is 9.90. The second kappa shape index (κ2) is 3.46. The predicted octanol–water partition coefficient (Wildman–Crippen LogP) is 1.55. The predicted molar refractivity (Wildman–Crippen MR) is 52.0 cm³/mol. The van der Waals surface area contributed by atoms with E-state index in [1.807, 2.05) is 6.92 Å². The van der Waals surface area contributed by atoms with Gasteiger partial charge in [-0.15, -0.1) is 0 Å². The maximum Gasteiger partial charge on any atom is 0.305 e. The van der Waals surface area contributed by atoms with Crippen LogP contribution in [0.1, 0.15) is 30.4 Å². The van der Waals surface area contributed by atoms with E-state index in [4.69, 9.17) is 15.3 Å². The third-order valence-corrected chi connectivity index (χ3v) is 2.17. The standard InChI is InChI=1S/C10H15NO3/c1-6-4-8(7(2)14-6)10(3,11)5-9(12)13/h4H,5,11H2,1-3H3,(H,12,13)/t10-/m1/s1. The van der Waals surface area contributed by atoms with E-state index in [0.29, 0.717) is 5.76 Å². The minimum Gasteiger partial charge on any atom is -0.481 e. The van der Waals surface area contributed by atoms with Crippen molar-refractivity contribution >= 4 is 5.97 Å². The molecule has 0 amide bonds. The second-order valence-electron chi connectivity index (χ2n) is 3.81. The molecule has 1 aromatic rings. The highest BCUT2D eigenvalue weighted by molar-refractivity contribution is 5.68. The molecular weight excluding hydrogens is 182 g/mol. The highest BCUT2D eigenvalue weighted by Gasteiger charge is 2.28. The van der Waals surface area contributed by atoms with Crippen LogP contribution in [0.15, 0.2) is 10.5 Å². The number of nitrogens with two attached hydrogens (primary N) is 1. The Hall–Kier alpha value is -1.29. The summed E-state index contributed by atoms with van der Waals surface area (Å²) in [6.45, 7) is 5.29. The van der Waals surface area contributed by atoms with Crippen LogP contribution >= 0.6 is 0 Å². The van der Waals surface area contributed by atoms with Crippen LogP contribution in [-0.4, -0.2) is 11.1 Å². The summed E-state index contributed by atoms with van der Waals surface area (Å²) in [7, 11) is 0. The Morgan fingerprint density at radius 3 is 2.57 bits per heavy atom. The Morgan fingerprint density at radius 2 is 2.21 bits per heavy atom. The van der Waals surface area contributed by atoms with Gasteiger partial charge in [-0.1, -0.05) is 0 Å². The van der Waals surface area contributed by atoms with Gasteiger partial charge in [0.15, 0.2) is 0 Å². The molecule has 78 valence electrons. The largest absolute Gasteiger partial charge is 0.481 e. The summed E-state index contributed by atoms with van der Waals surface area (Å²) >= 11 is 0. The van der Waals surface area contributed by atoms with Gasteiger partial charge in [0.25, 0.3) is 0 Å². The molecule has 0 fully saturated rings. The molecule has 0 unspecified atom stereocenters. The van der Waals surface area contributed by atoms with Crippen molar-refractivity contribution in [3.63, 3.8) is 0 Å². The Morgan fingerprint density at radius 1 is 1.64 bits per heavy atom. The Labute approximate surface area is 82.7 Å². The summed E-state index contributed by atoms with van der Waals surface area (Å²) in [5, 5.41) is 8.70. The van der Waals surface area contributed by atoms with Crippen molar-refractivity contribution in [2.24, 2.45) is 5.73 Å². The lowest BCUT2D eigenvalue weighted by Gasteiger charge is -2.21. The molecule has 0 bridgehead atoms. The van der Waals surface area contributed by atoms with Crippen molar-refractivity contribution in [1.29, 1.82) is 0 Å². The number of furan rings is 1. The maximum absolute atomic E-state index is 10.6.